The average molecular weight is 477 g/mol. The van der Waals surface area contributed by atoms with Crippen molar-refractivity contribution in [1.29, 1.82) is 0 Å². The monoisotopic (exact) mass is 476 g/mol. The number of aromatic amines is 1. The second-order valence-corrected chi connectivity index (χ2v) is 9.75. The van der Waals surface area contributed by atoms with Gasteiger partial charge in [-0.05, 0) is 34.1 Å². The SMILES string of the molecule is CC(C)(C)CC(NC(=O)c1cc(NC(=O)OCC2c3ccccc3-c3ccccc32)n[nH]1)C(=O)O. The van der Waals surface area contributed by atoms with E-state index in [-0.39, 0.29) is 35.9 Å². The molecule has 1 unspecified atom stereocenters. The van der Waals surface area contributed by atoms with Crippen molar-refractivity contribution in [2.24, 2.45) is 5.41 Å². The lowest BCUT2D eigenvalue weighted by Gasteiger charge is -2.23. The molecule has 4 N–H and O–H groups in total. The van der Waals surface area contributed by atoms with Gasteiger partial charge in [0, 0.05) is 12.0 Å². The summed E-state index contributed by atoms with van der Waals surface area (Å²) in [7, 11) is 0. The summed E-state index contributed by atoms with van der Waals surface area (Å²) >= 11 is 0. The molecule has 2 amide bonds. The van der Waals surface area contributed by atoms with Crippen LogP contribution in [-0.4, -0.2) is 45.9 Å². The van der Waals surface area contributed by atoms with Crippen LogP contribution in [0.5, 0.6) is 0 Å². The Morgan fingerprint density at radius 3 is 2.23 bits per heavy atom. The lowest BCUT2D eigenvalue weighted by atomic mass is 9.88. The van der Waals surface area contributed by atoms with Gasteiger partial charge in [0.25, 0.3) is 5.91 Å². The van der Waals surface area contributed by atoms with Crippen LogP contribution in [0.4, 0.5) is 10.6 Å². The molecule has 0 saturated heterocycles. The quantitative estimate of drug-likeness (QED) is 0.400. The molecular weight excluding hydrogens is 448 g/mol. The maximum Gasteiger partial charge on any atom is 0.412 e. The lowest BCUT2D eigenvalue weighted by Crippen LogP contribution is -2.43. The average Bonchev–Trinajstić information content (AvgIpc) is 3.39. The summed E-state index contributed by atoms with van der Waals surface area (Å²) in [6.07, 6.45) is -0.450. The molecule has 0 radical (unpaired) electrons. The number of rotatable bonds is 7. The predicted octanol–water partition coefficient (Wildman–Crippen LogP) is 4.39. The Labute approximate surface area is 202 Å². The largest absolute Gasteiger partial charge is 0.480 e. The fourth-order valence-electron chi connectivity index (χ4n) is 4.29. The maximum absolute atomic E-state index is 12.5. The van der Waals surface area contributed by atoms with E-state index in [1.54, 1.807) is 0 Å². The number of amides is 2. The smallest absolute Gasteiger partial charge is 0.412 e. The molecule has 1 aliphatic rings. The van der Waals surface area contributed by atoms with Gasteiger partial charge in [-0.2, -0.15) is 5.10 Å². The molecule has 2 aromatic carbocycles. The number of fused-ring (bicyclic) bond motifs is 3. The van der Waals surface area contributed by atoms with Gasteiger partial charge in [-0.25, -0.2) is 9.59 Å². The van der Waals surface area contributed by atoms with Crippen LogP contribution < -0.4 is 10.6 Å². The van der Waals surface area contributed by atoms with E-state index in [0.29, 0.717) is 0 Å². The van der Waals surface area contributed by atoms with Crippen molar-refractivity contribution in [2.75, 3.05) is 11.9 Å². The van der Waals surface area contributed by atoms with E-state index in [9.17, 15) is 19.5 Å². The van der Waals surface area contributed by atoms with Gasteiger partial charge in [-0.15, -0.1) is 0 Å². The molecule has 1 atom stereocenters. The fraction of sp³-hybridized carbons (Fsp3) is 0.308. The number of carboxylic acid groups (broad SMARTS) is 1. The minimum absolute atomic E-state index is 0.0270. The van der Waals surface area contributed by atoms with E-state index in [0.717, 1.165) is 22.3 Å². The summed E-state index contributed by atoms with van der Waals surface area (Å²) in [5.41, 5.74) is 4.20. The van der Waals surface area contributed by atoms with Gasteiger partial charge in [-0.1, -0.05) is 69.3 Å². The highest BCUT2D eigenvalue weighted by atomic mass is 16.5. The Balaban J connectivity index is 1.36. The third kappa shape index (κ3) is 5.51. The van der Waals surface area contributed by atoms with E-state index in [1.165, 1.54) is 6.07 Å². The van der Waals surface area contributed by atoms with Crippen LogP contribution >= 0.6 is 0 Å². The number of ether oxygens (including phenoxy) is 1. The normalized spacial score (nSPS) is 13.5. The molecule has 1 aliphatic carbocycles. The van der Waals surface area contributed by atoms with E-state index in [2.05, 4.69) is 33.0 Å². The zero-order valence-corrected chi connectivity index (χ0v) is 19.8. The molecule has 0 bridgehead atoms. The highest BCUT2D eigenvalue weighted by Crippen LogP contribution is 2.44. The molecular formula is C26H28N4O5. The summed E-state index contributed by atoms with van der Waals surface area (Å²) in [5, 5.41) is 20.8. The molecule has 0 fully saturated rings. The van der Waals surface area contributed by atoms with Crippen LogP contribution in [0.25, 0.3) is 11.1 Å². The number of carboxylic acids is 1. The number of benzene rings is 2. The number of hydrogen-bond acceptors (Lipinski definition) is 5. The molecule has 1 aromatic heterocycles. The summed E-state index contributed by atoms with van der Waals surface area (Å²) in [4.78, 5) is 36.4. The summed E-state index contributed by atoms with van der Waals surface area (Å²) in [5.74, 6) is -1.74. The number of hydrogen-bond donors (Lipinski definition) is 4. The first-order valence-electron chi connectivity index (χ1n) is 11.3. The van der Waals surface area contributed by atoms with Gasteiger partial charge in [0.15, 0.2) is 5.82 Å². The molecule has 182 valence electrons. The Kier molecular flexibility index (Phi) is 6.59. The van der Waals surface area contributed by atoms with Crippen molar-refractivity contribution in [3.63, 3.8) is 0 Å². The third-order valence-corrected chi connectivity index (χ3v) is 5.82. The van der Waals surface area contributed by atoms with Crippen LogP contribution in [0.3, 0.4) is 0 Å². The molecule has 9 heteroatoms. The molecule has 3 aromatic rings. The van der Waals surface area contributed by atoms with Crippen molar-refractivity contribution >= 4 is 23.8 Å². The first-order valence-corrected chi connectivity index (χ1v) is 11.3. The van der Waals surface area contributed by atoms with Gasteiger partial charge in [-0.3, -0.25) is 15.2 Å². The molecule has 0 saturated carbocycles. The van der Waals surface area contributed by atoms with Crippen molar-refractivity contribution in [2.45, 2.75) is 39.2 Å². The second-order valence-electron chi connectivity index (χ2n) is 9.75. The Morgan fingerprint density at radius 1 is 1.06 bits per heavy atom. The number of nitrogens with zero attached hydrogens (tertiary/aromatic N) is 1. The van der Waals surface area contributed by atoms with Crippen LogP contribution in [-0.2, 0) is 9.53 Å². The van der Waals surface area contributed by atoms with E-state index >= 15 is 0 Å². The van der Waals surface area contributed by atoms with Gasteiger partial charge in [0.1, 0.15) is 18.3 Å². The first-order chi connectivity index (χ1) is 16.6. The third-order valence-electron chi connectivity index (χ3n) is 5.82. The molecule has 4 rings (SSSR count). The zero-order chi connectivity index (χ0) is 25.2. The number of nitrogens with one attached hydrogen (secondary N) is 3. The number of carbonyl (C=O) groups is 3. The van der Waals surface area contributed by atoms with Gasteiger partial charge in [0.05, 0.1) is 0 Å². The number of H-pyrrole nitrogens is 1. The Bertz CT molecular complexity index is 1210. The van der Waals surface area contributed by atoms with Gasteiger partial charge >= 0.3 is 12.1 Å². The number of carbonyl (C=O) groups excluding carboxylic acids is 2. The zero-order valence-electron chi connectivity index (χ0n) is 19.8. The van der Waals surface area contributed by atoms with Crippen LogP contribution in [0.2, 0.25) is 0 Å². The highest BCUT2D eigenvalue weighted by Gasteiger charge is 2.29. The first kappa shape index (κ1) is 24.0. The molecule has 0 aliphatic heterocycles. The minimum Gasteiger partial charge on any atom is -0.480 e. The van der Waals surface area contributed by atoms with Crippen LogP contribution in [0.15, 0.2) is 54.6 Å². The minimum atomic E-state index is -1.12. The molecule has 0 spiro atoms. The number of aliphatic carboxylic acids is 1. The van der Waals surface area contributed by atoms with E-state index < -0.39 is 24.0 Å². The van der Waals surface area contributed by atoms with Crippen molar-refractivity contribution in [1.82, 2.24) is 15.5 Å². The van der Waals surface area contributed by atoms with Crippen LogP contribution in [0.1, 0.15) is 54.7 Å². The predicted molar refractivity (Wildman–Crippen MR) is 130 cm³/mol. The van der Waals surface area contributed by atoms with Gasteiger partial charge < -0.3 is 15.2 Å². The summed E-state index contributed by atoms with van der Waals surface area (Å²) in [6.45, 7) is 5.82. The Hall–Kier alpha value is -4.14. The highest BCUT2D eigenvalue weighted by molar-refractivity contribution is 5.96. The Morgan fingerprint density at radius 2 is 1.66 bits per heavy atom. The van der Waals surface area contributed by atoms with Crippen molar-refractivity contribution < 1.29 is 24.2 Å². The second kappa shape index (κ2) is 9.61. The van der Waals surface area contributed by atoms with Crippen LogP contribution in [0, 0.1) is 5.41 Å². The van der Waals surface area contributed by atoms with Gasteiger partial charge in [0.2, 0.25) is 0 Å². The lowest BCUT2D eigenvalue weighted by molar-refractivity contribution is -0.140. The number of aromatic nitrogens is 2. The van der Waals surface area contributed by atoms with E-state index in [1.807, 2.05) is 57.2 Å². The fourth-order valence-corrected chi connectivity index (χ4v) is 4.29. The summed E-state index contributed by atoms with van der Waals surface area (Å²) in [6, 6.07) is 16.3. The maximum atomic E-state index is 12.5. The van der Waals surface area contributed by atoms with Crippen molar-refractivity contribution in [3.05, 3.63) is 71.4 Å². The molecule has 35 heavy (non-hydrogen) atoms. The summed E-state index contributed by atoms with van der Waals surface area (Å²) < 4.78 is 5.48. The van der Waals surface area contributed by atoms with Crippen molar-refractivity contribution in [3.8, 4) is 11.1 Å². The molecule has 9 nitrogen and oxygen atoms in total. The topological polar surface area (TPSA) is 133 Å². The van der Waals surface area contributed by atoms with E-state index in [4.69, 9.17) is 4.74 Å². The molecule has 1 heterocycles. The number of anilines is 1. The standard InChI is InChI=1S/C26H28N4O5/c1-26(2,3)13-21(24(32)33)27-23(31)20-12-22(30-29-20)28-25(34)35-14-19-17-10-6-4-8-15(17)16-9-5-7-11-18(16)19/h4-12,19,21H,13-14H2,1-3H3,(H,27,31)(H,32,33)(H2,28,29,30,34).